The summed E-state index contributed by atoms with van der Waals surface area (Å²) in [6.45, 7) is 3.78. The molecular weight excluding hydrogens is 462 g/mol. The molecular formula is C32H33NO4. The van der Waals surface area contributed by atoms with Crippen molar-refractivity contribution in [2.45, 2.75) is 45.1 Å². The maximum Gasteiger partial charge on any atom is 0.347 e. The Morgan fingerprint density at radius 1 is 0.838 bits per heavy atom. The second-order valence-corrected chi connectivity index (χ2v) is 9.05. The van der Waals surface area contributed by atoms with Crippen LogP contribution in [0.1, 0.15) is 54.0 Å². The van der Waals surface area contributed by atoms with Gasteiger partial charge < -0.3 is 14.5 Å². The van der Waals surface area contributed by atoms with Gasteiger partial charge in [0.15, 0.2) is 6.10 Å². The van der Waals surface area contributed by atoms with Gasteiger partial charge >= 0.3 is 5.97 Å². The van der Waals surface area contributed by atoms with Gasteiger partial charge in [-0.2, -0.15) is 0 Å². The molecule has 4 rings (SSSR count). The standard InChI is InChI=1S/C32H33NO4/c1-3-36-32(35)23(2)37-29-19-11-13-24(20-29)12-10-18-27-21-28(22-33-31(27)34)30(25-14-6-4-7-15-25)26-16-8-5-9-17-26/h4-9,11,13-17,19-23,30H,3,10,12,18H2,1-2H3,(H,33,34). The third kappa shape index (κ3) is 6.98. The van der Waals surface area contributed by atoms with Crippen LogP contribution in [0.3, 0.4) is 0 Å². The van der Waals surface area contributed by atoms with Gasteiger partial charge in [0.1, 0.15) is 5.75 Å². The minimum absolute atomic E-state index is 0.0354. The smallest absolute Gasteiger partial charge is 0.347 e. The molecule has 1 N–H and O–H groups in total. The van der Waals surface area contributed by atoms with Crippen LogP contribution >= 0.6 is 0 Å². The molecule has 190 valence electrons. The minimum Gasteiger partial charge on any atom is -0.479 e. The molecule has 0 amide bonds. The van der Waals surface area contributed by atoms with Crippen LogP contribution in [0.5, 0.6) is 5.75 Å². The number of aryl methyl sites for hydroxylation is 2. The number of ether oxygens (including phenoxy) is 2. The zero-order chi connectivity index (χ0) is 26.0. The molecule has 0 aliphatic heterocycles. The molecule has 0 spiro atoms. The number of hydrogen-bond donors (Lipinski definition) is 1. The van der Waals surface area contributed by atoms with Crippen LogP contribution in [0.2, 0.25) is 0 Å². The molecule has 0 saturated heterocycles. The first-order chi connectivity index (χ1) is 18.0. The Balaban J connectivity index is 1.47. The number of esters is 1. The molecule has 1 unspecified atom stereocenters. The summed E-state index contributed by atoms with van der Waals surface area (Å²) in [5.74, 6) is 0.288. The highest BCUT2D eigenvalue weighted by Crippen LogP contribution is 2.31. The number of nitrogens with one attached hydrogen (secondary N) is 1. The predicted octanol–water partition coefficient (Wildman–Crippen LogP) is 6.06. The summed E-state index contributed by atoms with van der Waals surface area (Å²) >= 11 is 0. The van der Waals surface area contributed by atoms with Crippen molar-refractivity contribution in [3.63, 3.8) is 0 Å². The van der Waals surface area contributed by atoms with Crippen LogP contribution in [0.25, 0.3) is 0 Å². The molecule has 0 bridgehead atoms. The fourth-order valence-corrected chi connectivity index (χ4v) is 4.54. The molecule has 1 heterocycles. The SMILES string of the molecule is CCOC(=O)C(C)Oc1cccc(CCCc2cc(C(c3ccccc3)c3ccccc3)c[nH]c2=O)c1. The average molecular weight is 496 g/mol. The van der Waals surface area contributed by atoms with Crippen molar-refractivity contribution in [3.8, 4) is 5.75 Å². The third-order valence-corrected chi connectivity index (χ3v) is 6.34. The lowest BCUT2D eigenvalue weighted by Crippen LogP contribution is -2.26. The summed E-state index contributed by atoms with van der Waals surface area (Å²) in [5, 5.41) is 0. The summed E-state index contributed by atoms with van der Waals surface area (Å²) in [6.07, 6.45) is 3.42. The van der Waals surface area contributed by atoms with E-state index in [4.69, 9.17) is 9.47 Å². The number of aromatic amines is 1. The van der Waals surface area contributed by atoms with Crippen molar-refractivity contribution < 1.29 is 14.3 Å². The Bertz CT molecular complexity index is 1310. The summed E-state index contributed by atoms with van der Waals surface area (Å²) < 4.78 is 10.8. The van der Waals surface area contributed by atoms with Crippen molar-refractivity contribution in [1.29, 1.82) is 0 Å². The number of hydrogen-bond acceptors (Lipinski definition) is 4. The molecule has 0 radical (unpaired) electrons. The van der Waals surface area contributed by atoms with Crippen LogP contribution in [0.15, 0.2) is 102 Å². The molecule has 5 heteroatoms. The Labute approximate surface area is 218 Å². The lowest BCUT2D eigenvalue weighted by Gasteiger charge is -2.19. The number of aromatic nitrogens is 1. The third-order valence-electron chi connectivity index (χ3n) is 6.34. The number of benzene rings is 3. The van der Waals surface area contributed by atoms with E-state index < -0.39 is 6.10 Å². The quantitative estimate of drug-likeness (QED) is 0.257. The number of H-pyrrole nitrogens is 1. The van der Waals surface area contributed by atoms with Crippen LogP contribution in [-0.2, 0) is 22.4 Å². The maximum atomic E-state index is 12.7. The lowest BCUT2D eigenvalue weighted by atomic mass is 9.85. The highest BCUT2D eigenvalue weighted by molar-refractivity contribution is 5.74. The zero-order valence-electron chi connectivity index (χ0n) is 21.4. The Morgan fingerprint density at radius 2 is 1.51 bits per heavy atom. The van der Waals surface area contributed by atoms with Gasteiger partial charge in [-0.05, 0) is 73.6 Å². The molecule has 0 aliphatic rings. The Hall–Kier alpha value is -4.12. The summed E-state index contributed by atoms with van der Waals surface area (Å²) in [7, 11) is 0. The van der Waals surface area contributed by atoms with Gasteiger partial charge in [-0.1, -0.05) is 72.8 Å². The molecule has 5 nitrogen and oxygen atoms in total. The van der Waals surface area contributed by atoms with Crippen LogP contribution < -0.4 is 10.3 Å². The normalized spacial score (nSPS) is 11.8. The first-order valence-corrected chi connectivity index (χ1v) is 12.8. The first-order valence-electron chi connectivity index (χ1n) is 12.8. The van der Waals surface area contributed by atoms with Gasteiger partial charge in [-0.25, -0.2) is 4.79 Å². The second kappa shape index (κ2) is 12.7. The fourth-order valence-electron chi connectivity index (χ4n) is 4.54. The molecule has 0 saturated carbocycles. The van der Waals surface area contributed by atoms with E-state index >= 15 is 0 Å². The second-order valence-electron chi connectivity index (χ2n) is 9.05. The van der Waals surface area contributed by atoms with E-state index in [1.807, 2.05) is 72.9 Å². The van der Waals surface area contributed by atoms with E-state index in [0.717, 1.165) is 29.5 Å². The molecule has 3 aromatic carbocycles. The van der Waals surface area contributed by atoms with E-state index in [1.54, 1.807) is 13.8 Å². The molecule has 0 fully saturated rings. The minimum atomic E-state index is -0.668. The number of carbonyl (C=O) groups excluding carboxylic acids is 1. The van der Waals surface area contributed by atoms with E-state index in [9.17, 15) is 9.59 Å². The van der Waals surface area contributed by atoms with Gasteiger partial charge in [0.05, 0.1) is 6.61 Å². The summed E-state index contributed by atoms with van der Waals surface area (Å²) in [5.41, 5.74) is 5.24. The monoisotopic (exact) mass is 495 g/mol. The number of rotatable bonds is 11. The topological polar surface area (TPSA) is 68.4 Å². The largest absolute Gasteiger partial charge is 0.479 e. The van der Waals surface area contributed by atoms with Gasteiger partial charge in [-0.15, -0.1) is 0 Å². The Kier molecular flexibility index (Phi) is 8.93. The number of carbonyl (C=O) groups is 1. The zero-order valence-corrected chi connectivity index (χ0v) is 21.4. The molecule has 4 aromatic rings. The Morgan fingerprint density at radius 3 is 2.16 bits per heavy atom. The molecule has 1 atom stereocenters. The van der Waals surface area contributed by atoms with E-state index in [-0.39, 0.29) is 17.4 Å². The van der Waals surface area contributed by atoms with Gasteiger partial charge in [0.2, 0.25) is 0 Å². The van der Waals surface area contributed by atoms with Crippen molar-refractivity contribution in [2.24, 2.45) is 0 Å². The fraction of sp³-hybridized carbons (Fsp3) is 0.250. The van der Waals surface area contributed by atoms with Crippen LogP contribution in [-0.4, -0.2) is 23.7 Å². The summed E-state index contributed by atoms with van der Waals surface area (Å²) in [6, 6.07) is 30.5. The highest BCUT2D eigenvalue weighted by atomic mass is 16.6. The van der Waals surface area contributed by atoms with E-state index in [0.29, 0.717) is 18.8 Å². The van der Waals surface area contributed by atoms with Crippen molar-refractivity contribution in [2.75, 3.05) is 6.61 Å². The van der Waals surface area contributed by atoms with Gasteiger partial charge in [0, 0.05) is 17.7 Å². The van der Waals surface area contributed by atoms with Crippen molar-refractivity contribution in [3.05, 3.63) is 135 Å². The predicted molar refractivity (Wildman–Crippen MR) is 146 cm³/mol. The average Bonchev–Trinajstić information content (AvgIpc) is 2.92. The summed E-state index contributed by atoms with van der Waals surface area (Å²) in [4.78, 5) is 27.5. The van der Waals surface area contributed by atoms with Crippen molar-refractivity contribution >= 4 is 5.97 Å². The number of pyridine rings is 1. The lowest BCUT2D eigenvalue weighted by molar-refractivity contribution is -0.150. The first kappa shape index (κ1) is 26.0. The van der Waals surface area contributed by atoms with Crippen LogP contribution in [0.4, 0.5) is 0 Å². The van der Waals surface area contributed by atoms with Gasteiger partial charge in [-0.3, -0.25) is 4.79 Å². The molecule has 1 aromatic heterocycles. The highest BCUT2D eigenvalue weighted by Gasteiger charge is 2.18. The van der Waals surface area contributed by atoms with Gasteiger partial charge in [0.25, 0.3) is 5.56 Å². The van der Waals surface area contributed by atoms with E-state index in [2.05, 4.69) is 29.2 Å². The molecule has 37 heavy (non-hydrogen) atoms. The molecule has 0 aliphatic carbocycles. The maximum absolute atomic E-state index is 12.7. The van der Waals surface area contributed by atoms with Crippen LogP contribution in [0, 0.1) is 0 Å². The van der Waals surface area contributed by atoms with E-state index in [1.165, 1.54) is 11.1 Å². The van der Waals surface area contributed by atoms with Crippen molar-refractivity contribution in [1.82, 2.24) is 4.98 Å².